The van der Waals surface area contributed by atoms with Gasteiger partial charge in [-0.25, -0.2) is 13.6 Å². The van der Waals surface area contributed by atoms with E-state index in [4.69, 9.17) is 9.47 Å². The Morgan fingerprint density at radius 3 is 2.59 bits per heavy atom. The lowest BCUT2D eigenvalue weighted by molar-refractivity contribution is -0.160. The molecule has 0 fully saturated rings. The van der Waals surface area contributed by atoms with E-state index in [0.717, 1.165) is 12.1 Å². The van der Waals surface area contributed by atoms with Crippen molar-refractivity contribution in [1.82, 2.24) is 0 Å². The minimum atomic E-state index is -1.23. The summed E-state index contributed by atoms with van der Waals surface area (Å²) in [6, 6.07) is 9.60. The Kier molecular flexibility index (Phi) is 5.76. The molecule has 0 unspecified atom stereocenters. The lowest BCUT2D eigenvalue weighted by Crippen LogP contribution is -2.48. The number of esters is 1. The predicted octanol–water partition coefficient (Wildman–Crippen LogP) is 2.65. The van der Waals surface area contributed by atoms with E-state index in [-0.39, 0.29) is 18.1 Å². The number of carbonyl (C=O) groups is 3. The zero-order valence-electron chi connectivity index (χ0n) is 15.6. The molecule has 3 rings (SSSR count). The van der Waals surface area contributed by atoms with Crippen LogP contribution in [0.5, 0.6) is 5.75 Å². The monoisotopic (exact) mass is 404 g/mol. The lowest BCUT2D eigenvalue weighted by atomic mass is 10.2. The molecular formula is C20H18F2N2O5. The molecule has 2 aromatic rings. The molecule has 0 bridgehead atoms. The predicted molar refractivity (Wildman–Crippen MR) is 99.4 cm³/mol. The Labute approximate surface area is 165 Å². The molecule has 0 saturated carbocycles. The Bertz CT molecular complexity index is 966. The SMILES string of the molecule is CC(=O)N1C[C@H](C(=O)O[C@@H](C)C(=O)Nc2ccc(F)c(F)c2)Oc2ccccc21. The summed E-state index contributed by atoms with van der Waals surface area (Å²) in [6.07, 6.45) is -2.35. The van der Waals surface area contributed by atoms with E-state index >= 15 is 0 Å². The summed E-state index contributed by atoms with van der Waals surface area (Å²) in [5.74, 6) is -3.67. The third kappa shape index (κ3) is 4.50. The Morgan fingerprint density at radius 2 is 1.90 bits per heavy atom. The van der Waals surface area contributed by atoms with Crippen LogP contribution < -0.4 is 15.0 Å². The highest BCUT2D eigenvalue weighted by Gasteiger charge is 2.35. The molecule has 152 valence electrons. The van der Waals surface area contributed by atoms with Gasteiger partial charge >= 0.3 is 5.97 Å². The molecule has 0 aromatic heterocycles. The van der Waals surface area contributed by atoms with Crippen molar-refractivity contribution < 1.29 is 32.6 Å². The van der Waals surface area contributed by atoms with Crippen LogP contribution in [0, 0.1) is 11.6 Å². The average molecular weight is 404 g/mol. The van der Waals surface area contributed by atoms with Crippen LogP contribution >= 0.6 is 0 Å². The number of amides is 2. The van der Waals surface area contributed by atoms with Gasteiger partial charge in [-0.15, -0.1) is 0 Å². The number of nitrogens with zero attached hydrogens (tertiary/aromatic N) is 1. The molecule has 0 radical (unpaired) electrons. The number of benzene rings is 2. The first kappa shape index (κ1) is 20.2. The molecule has 1 aliphatic rings. The lowest BCUT2D eigenvalue weighted by Gasteiger charge is -2.33. The highest BCUT2D eigenvalue weighted by molar-refractivity contribution is 5.97. The van der Waals surface area contributed by atoms with Crippen LogP contribution in [0.15, 0.2) is 42.5 Å². The van der Waals surface area contributed by atoms with Crippen LogP contribution in [0.2, 0.25) is 0 Å². The fourth-order valence-electron chi connectivity index (χ4n) is 2.78. The first-order chi connectivity index (χ1) is 13.8. The van der Waals surface area contributed by atoms with E-state index in [1.54, 1.807) is 24.3 Å². The zero-order valence-corrected chi connectivity index (χ0v) is 15.6. The number of ether oxygens (including phenoxy) is 2. The van der Waals surface area contributed by atoms with Gasteiger partial charge in [0.05, 0.1) is 12.2 Å². The fraction of sp³-hybridized carbons (Fsp3) is 0.250. The van der Waals surface area contributed by atoms with E-state index in [2.05, 4.69) is 5.32 Å². The maximum absolute atomic E-state index is 13.2. The van der Waals surface area contributed by atoms with Gasteiger partial charge in [-0.2, -0.15) is 0 Å². The second-order valence-electron chi connectivity index (χ2n) is 6.40. The van der Waals surface area contributed by atoms with Gasteiger partial charge in [-0.05, 0) is 31.2 Å². The Hall–Kier alpha value is -3.49. The number of carbonyl (C=O) groups excluding carboxylic acids is 3. The fourth-order valence-corrected chi connectivity index (χ4v) is 2.78. The van der Waals surface area contributed by atoms with Crippen LogP contribution in [0.4, 0.5) is 20.2 Å². The molecule has 1 heterocycles. The molecule has 1 N–H and O–H groups in total. The van der Waals surface area contributed by atoms with Crippen molar-refractivity contribution >= 4 is 29.2 Å². The average Bonchev–Trinajstić information content (AvgIpc) is 2.69. The summed E-state index contributed by atoms with van der Waals surface area (Å²) in [6.45, 7) is 2.62. The van der Waals surface area contributed by atoms with E-state index < -0.39 is 35.7 Å². The number of fused-ring (bicyclic) bond motifs is 1. The molecule has 2 amide bonds. The van der Waals surface area contributed by atoms with Crippen LogP contribution in [0.3, 0.4) is 0 Å². The van der Waals surface area contributed by atoms with Crippen molar-refractivity contribution in [2.75, 3.05) is 16.8 Å². The van der Waals surface area contributed by atoms with Gasteiger partial charge in [-0.3, -0.25) is 9.59 Å². The quantitative estimate of drug-likeness (QED) is 0.792. The second kappa shape index (κ2) is 8.26. The van der Waals surface area contributed by atoms with E-state index in [9.17, 15) is 23.2 Å². The third-order valence-electron chi connectivity index (χ3n) is 4.27. The van der Waals surface area contributed by atoms with Crippen molar-refractivity contribution in [2.24, 2.45) is 0 Å². The maximum atomic E-state index is 13.2. The molecular weight excluding hydrogens is 386 g/mol. The van der Waals surface area contributed by atoms with Crippen LogP contribution in [0.25, 0.3) is 0 Å². The van der Waals surface area contributed by atoms with Gasteiger partial charge < -0.3 is 19.7 Å². The molecule has 2 atom stereocenters. The minimum Gasteiger partial charge on any atom is -0.475 e. The van der Waals surface area contributed by atoms with Gasteiger partial charge in [0, 0.05) is 18.7 Å². The van der Waals surface area contributed by atoms with Crippen LogP contribution in [0.1, 0.15) is 13.8 Å². The highest BCUT2D eigenvalue weighted by Crippen LogP contribution is 2.33. The van der Waals surface area contributed by atoms with E-state index in [1.165, 1.54) is 24.8 Å². The summed E-state index contributed by atoms with van der Waals surface area (Å²) in [5.41, 5.74) is 0.551. The van der Waals surface area contributed by atoms with Crippen molar-refractivity contribution in [3.05, 3.63) is 54.1 Å². The Balaban J connectivity index is 1.65. The summed E-state index contributed by atoms with van der Waals surface area (Å²) in [7, 11) is 0. The molecule has 2 aromatic carbocycles. The van der Waals surface area contributed by atoms with E-state index in [0.29, 0.717) is 11.4 Å². The van der Waals surface area contributed by atoms with Gasteiger partial charge in [0.25, 0.3) is 5.91 Å². The topological polar surface area (TPSA) is 84.9 Å². The number of nitrogens with one attached hydrogen (secondary N) is 1. The molecule has 29 heavy (non-hydrogen) atoms. The number of para-hydroxylation sites is 2. The second-order valence-corrected chi connectivity index (χ2v) is 6.40. The van der Waals surface area contributed by atoms with Gasteiger partial charge in [0.15, 0.2) is 17.7 Å². The number of anilines is 2. The smallest absolute Gasteiger partial charge is 0.350 e. The van der Waals surface area contributed by atoms with E-state index in [1.807, 2.05) is 0 Å². The molecule has 7 nitrogen and oxygen atoms in total. The number of rotatable bonds is 4. The minimum absolute atomic E-state index is 0.0161. The maximum Gasteiger partial charge on any atom is 0.350 e. The van der Waals surface area contributed by atoms with Crippen molar-refractivity contribution in [1.29, 1.82) is 0 Å². The first-order valence-electron chi connectivity index (χ1n) is 8.76. The first-order valence-corrected chi connectivity index (χ1v) is 8.76. The summed E-state index contributed by atoms with van der Waals surface area (Å²) in [4.78, 5) is 38.0. The van der Waals surface area contributed by atoms with Crippen LogP contribution in [-0.4, -0.2) is 36.5 Å². The van der Waals surface area contributed by atoms with Gasteiger partial charge in [-0.1, -0.05) is 12.1 Å². The van der Waals surface area contributed by atoms with Gasteiger partial charge in [0.1, 0.15) is 5.75 Å². The third-order valence-corrected chi connectivity index (χ3v) is 4.27. The van der Waals surface area contributed by atoms with Crippen molar-refractivity contribution in [3.63, 3.8) is 0 Å². The van der Waals surface area contributed by atoms with Crippen molar-refractivity contribution in [3.8, 4) is 5.75 Å². The summed E-state index contributed by atoms with van der Waals surface area (Å²) < 4.78 is 37.0. The van der Waals surface area contributed by atoms with Crippen LogP contribution in [-0.2, 0) is 19.1 Å². The standard InChI is InChI=1S/C20H18F2N2O5/c1-11(19(26)23-13-7-8-14(21)15(22)9-13)28-20(27)18-10-24(12(2)25)16-5-3-4-6-17(16)29-18/h3-9,11,18H,10H2,1-2H3,(H,23,26)/t11-,18+/m0/s1. The normalized spacial score (nSPS) is 16.3. The molecule has 0 spiro atoms. The van der Waals surface area contributed by atoms with Crippen molar-refractivity contribution in [2.45, 2.75) is 26.1 Å². The summed E-state index contributed by atoms with van der Waals surface area (Å²) in [5, 5.41) is 2.33. The molecule has 0 saturated heterocycles. The molecule has 0 aliphatic carbocycles. The number of hydrogen-bond acceptors (Lipinski definition) is 5. The van der Waals surface area contributed by atoms with Gasteiger partial charge in [0.2, 0.25) is 12.0 Å². The molecule has 9 heteroatoms. The number of hydrogen-bond donors (Lipinski definition) is 1. The molecule has 1 aliphatic heterocycles. The highest BCUT2D eigenvalue weighted by atomic mass is 19.2. The largest absolute Gasteiger partial charge is 0.475 e. The zero-order chi connectivity index (χ0) is 21.1. The Morgan fingerprint density at radius 1 is 1.17 bits per heavy atom. The number of halogens is 2. The summed E-state index contributed by atoms with van der Waals surface area (Å²) >= 11 is 0.